The Morgan fingerprint density at radius 3 is 1.53 bits per heavy atom. The van der Waals surface area contributed by atoms with Crippen LogP contribution in [0.4, 0.5) is 22.0 Å². The molecule has 1 aliphatic rings. The van der Waals surface area contributed by atoms with E-state index in [9.17, 15) is 22.0 Å². The quantitative estimate of drug-likeness (QED) is 0.500. The Morgan fingerprint density at radius 1 is 0.824 bits per heavy atom. The van der Waals surface area contributed by atoms with Crippen molar-refractivity contribution in [3.63, 3.8) is 0 Å². The molecule has 7 heteroatoms. The summed E-state index contributed by atoms with van der Waals surface area (Å²) in [6.07, 6.45) is 1.28. The Morgan fingerprint density at radius 2 is 1.18 bits per heavy atom. The molecule has 0 radical (unpaired) electrons. The van der Waals surface area contributed by atoms with E-state index >= 15 is 0 Å². The molecule has 1 fully saturated rings. The lowest BCUT2D eigenvalue weighted by atomic mass is 10.0. The predicted octanol–water partition coefficient (Wildman–Crippen LogP) is 3.21. The molecule has 1 atom stereocenters. The Balaban J connectivity index is 0.00000144. The number of benzene rings is 1. The maximum atomic E-state index is 13.2. The van der Waals surface area contributed by atoms with Crippen LogP contribution in [-0.2, 0) is 0 Å². The van der Waals surface area contributed by atoms with E-state index in [0.717, 1.165) is 0 Å². The topological polar surface area (TPSA) is 26.0 Å². The lowest BCUT2D eigenvalue weighted by Crippen LogP contribution is -2.19. The molecule has 1 aromatic rings. The summed E-state index contributed by atoms with van der Waals surface area (Å²) in [6.45, 7) is 0. The van der Waals surface area contributed by atoms with Crippen molar-refractivity contribution >= 4 is 12.4 Å². The molecular weight excluding hydrogens is 265 g/mol. The molecule has 17 heavy (non-hydrogen) atoms. The standard InChI is InChI=1S/C10H8F5N.ClH/c11-5-4(10(16)3-1-2-3)6(12)8(14)9(15)7(5)13;/h3,10H,1-2,16H2;1H/t10-;/m1./s1. The molecule has 1 saturated carbocycles. The number of halogens is 6. The minimum absolute atomic E-state index is 0. The zero-order valence-electron chi connectivity index (χ0n) is 8.44. The summed E-state index contributed by atoms with van der Waals surface area (Å²) >= 11 is 0. The molecular formula is C10H9ClF5N. The van der Waals surface area contributed by atoms with Gasteiger partial charge >= 0.3 is 0 Å². The monoisotopic (exact) mass is 273 g/mol. The van der Waals surface area contributed by atoms with E-state index < -0.39 is 40.7 Å². The fourth-order valence-corrected chi connectivity index (χ4v) is 1.61. The van der Waals surface area contributed by atoms with Crippen LogP contribution in [0.25, 0.3) is 0 Å². The molecule has 2 rings (SSSR count). The average molecular weight is 274 g/mol. The summed E-state index contributed by atoms with van der Waals surface area (Å²) in [5.74, 6) is -9.88. The maximum absolute atomic E-state index is 13.2. The van der Waals surface area contributed by atoms with Gasteiger partial charge in [0.15, 0.2) is 23.3 Å². The third-order valence-corrected chi connectivity index (χ3v) is 2.71. The second-order valence-corrected chi connectivity index (χ2v) is 3.85. The van der Waals surface area contributed by atoms with Crippen LogP contribution in [0.2, 0.25) is 0 Å². The van der Waals surface area contributed by atoms with Crippen LogP contribution in [0.5, 0.6) is 0 Å². The van der Waals surface area contributed by atoms with Crippen molar-refractivity contribution in [3.05, 3.63) is 34.6 Å². The summed E-state index contributed by atoms with van der Waals surface area (Å²) in [4.78, 5) is 0. The summed E-state index contributed by atoms with van der Waals surface area (Å²) < 4.78 is 64.9. The largest absolute Gasteiger partial charge is 0.324 e. The molecule has 0 spiro atoms. The Bertz CT molecular complexity index is 418. The van der Waals surface area contributed by atoms with Gasteiger partial charge in [-0.3, -0.25) is 0 Å². The van der Waals surface area contributed by atoms with Crippen LogP contribution in [0.3, 0.4) is 0 Å². The fourth-order valence-electron chi connectivity index (χ4n) is 1.61. The van der Waals surface area contributed by atoms with Crippen LogP contribution in [0, 0.1) is 35.0 Å². The van der Waals surface area contributed by atoms with Crippen molar-refractivity contribution in [1.82, 2.24) is 0 Å². The van der Waals surface area contributed by atoms with E-state index in [-0.39, 0.29) is 18.3 Å². The highest BCUT2D eigenvalue weighted by Crippen LogP contribution is 2.41. The van der Waals surface area contributed by atoms with Crippen molar-refractivity contribution < 1.29 is 22.0 Å². The van der Waals surface area contributed by atoms with Gasteiger partial charge in [0.1, 0.15) is 0 Å². The fraction of sp³-hybridized carbons (Fsp3) is 0.400. The van der Waals surface area contributed by atoms with Crippen molar-refractivity contribution in [2.45, 2.75) is 18.9 Å². The van der Waals surface area contributed by atoms with E-state index in [1.807, 2.05) is 0 Å². The third-order valence-electron chi connectivity index (χ3n) is 2.71. The van der Waals surface area contributed by atoms with Gasteiger partial charge in [-0.05, 0) is 18.8 Å². The van der Waals surface area contributed by atoms with E-state index in [0.29, 0.717) is 12.8 Å². The van der Waals surface area contributed by atoms with Crippen LogP contribution < -0.4 is 5.73 Å². The average Bonchev–Trinajstić information content (AvgIpc) is 3.07. The van der Waals surface area contributed by atoms with Gasteiger partial charge in [-0.15, -0.1) is 12.4 Å². The molecule has 2 N–H and O–H groups in total. The van der Waals surface area contributed by atoms with Gasteiger partial charge in [-0.1, -0.05) is 0 Å². The van der Waals surface area contributed by atoms with Gasteiger partial charge in [0.25, 0.3) is 0 Å². The summed E-state index contributed by atoms with van der Waals surface area (Å²) in [5, 5.41) is 0. The molecule has 0 aliphatic heterocycles. The molecule has 0 bridgehead atoms. The molecule has 0 unspecified atom stereocenters. The summed E-state index contributed by atoms with van der Waals surface area (Å²) in [6, 6.07) is -1.13. The maximum Gasteiger partial charge on any atom is 0.200 e. The Hall–Kier alpha value is -0.880. The third kappa shape index (κ3) is 2.24. The SMILES string of the molecule is Cl.N[C@@H](c1c(F)c(F)c(F)c(F)c1F)C1CC1. The van der Waals surface area contributed by atoms with Gasteiger partial charge in [-0.25, -0.2) is 22.0 Å². The van der Waals surface area contributed by atoms with Crippen molar-refractivity contribution in [2.24, 2.45) is 11.7 Å². The second kappa shape index (κ2) is 4.78. The normalized spacial score (nSPS) is 16.6. The number of hydrogen-bond acceptors (Lipinski definition) is 1. The van der Waals surface area contributed by atoms with Crippen LogP contribution in [-0.4, -0.2) is 0 Å². The molecule has 1 aliphatic carbocycles. The second-order valence-electron chi connectivity index (χ2n) is 3.85. The molecule has 0 amide bonds. The van der Waals surface area contributed by atoms with E-state index in [2.05, 4.69) is 0 Å². The van der Waals surface area contributed by atoms with Gasteiger partial charge in [0.2, 0.25) is 5.82 Å². The Labute approximate surface area is 100 Å². The summed E-state index contributed by atoms with van der Waals surface area (Å²) in [5.41, 5.74) is 4.55. The van der Waals surface area contributed by atoms with Gasteiger partial charge in [0.05, 0.1) is 0 Å². The van der Waals surface area contributed by atoms with E-state index in [1.54, 1.807) is 0 Å². The van der Waals surface area contributed by atoms with Crippen molar-refractivity contribution in [2.75, 3.05) is 0 Å². The highest BCUT2D eigenvalue weighted by Gasteiger charge is 2.36. The molecule has 0 heterocycles. The molecule has 0 saturated heterocycles. The van der Waals surface area contributed by atoms with Gasteiger partial charge < -0.3 is 5.73 Å². The summed E-state index contributed by atoms with van der Waals surface area (Å²) in [7, 11) is 0. The lowest BCUT2D eigenvalue weighted by molar-refractivity contribution is 0.360. The number of rotatable bonds is 2. The molecule has 1 nitrogen and oxygen atoms in total. The molecule has 96 valence electrons. The van der Waals surface area contributed by atoms with Crippen molar-refractivity contribution in [1.29, 1.82) is 0 Å². The van der Waals surface area contributed by atoms with Gasteiger partial charge in [0, 0.05) is 11.6 Å². The first-order chi connectivity index (χ1) is 7.45. The first-order valence-corrected chi connectivity index (χ1v) is 4.72. The zero-order valence-corrected chi connectivity index (χ0v) is 9.26. The minimum Gasteiger partial charge on any atom is -0.324 e. The molecule has 0 aromatic heterocycles. The van der Waals surface area contributed by atoms with Crippen LogP contribution in [0.15, 0.2) is 0 Å². The highest BCUT2D eigenvalue weighted by molar-refractivity contribution is 5.85. The minimum atomic E-state index is -2.15. The highest BCUT2D eigenvalue weighted by atomic mass is 35.5. The smallest absolute Gasteiger partial charge is 0.200 e. The van der Waals surface area contributed by atoms with Crippen LogP contribution in [0.1, 0.15) is 24.4 Å². The first kappa shape index (κ1) is 14.2. The van der Waals surface area contributed by atoms with Gasteiger partial charge in [-0.2, -0.15) is 0 Å². The number of hydrogen-bond donors (Lipinski definition) is 1. The lowest BCUT2D eigenvalue weighted by Gasteiger charge is -2.14. The number of nitrogens with two attached hydrogens (primary N) is 1. The van der Waals surface area contributed by atoms with E-state index in [4.69, 9.17) is 5.73 Å². The first-order valence-electron chi connectivity index (χ1n) is 4.72. The Kier molecular flexibility index (Phi) is 3.99. The predicted molar refractivity (Wildman–Crippen MR) is 53.1 cm³/mol. The van der Waals surface area contributed by atoms with Crippen molar-refractivity contribution in [3.8, 4) is 0 Å². The zero-order chi connectivity index (χ0) is 12.0. The molecule has 1 aromatic carbocycles. The van der Waals surface area contributed by atoms with Crippen LogP contribution >= 0.6 is 12.4 Å². The van der Waals surface area contributed by atoms with E-state index in [1.165, 1.54) is 0 Å².